The number of halogens is 1. The quantitative estimate of drug-likeness (QED) is 0.757. The minimum Gasteiger partial charge on any atom is -0.492 e. The number of hydrogen-bond acceptors (Lipinski definition) is 3. The van der Waals surface area contributed by atoms with Crippen molar-refractivity contribution in [1.82, 2.24) is 4.98 Å². The topological polar surface area (TPSA) is 39.2 Å². The molecule has 0 saturated heterocycles. The molecule has 0 unspecified atom stereocenters. The SMILES string of the molecule is CCCOc1cncc(C(=O)Cc2cccc(F)c2)c1. The van der Waals surface area contributed by atoms with E-state index in [0.717, 1.165) is 6.42 Å². The van der Waals surface area contributed by atoms with Crippen LogP contribution < -0.4 is 4.74 Å². The summed E-state index contributed by atoms with van der Waals surface area (Å²) in [6, 6.07) is 7.71. The van der Waals surface area contributed by atoms with Gasteiger partial charge in [0.15, 0.2) is 5.78 Å². The van der Waals surface area contributed by atoms with Crippen molar-refractivity contribution in [3.63, 3.8) is 0 Å². The molecule has 2 aromatic rings. The molecule has 0 saturated carbocycles. The van der Waals surface area contributed by atoms with Crippen LogP contribution in [-0.4, -0.2) is 17.4 Å². The van der Waals surface area contributed by atoms with Gasteiger partial charge in [-0.3, -0.25) is 9.78 Å². The lowest BCUT2D eigenvalue weighted by atomic mass is 10.0. The zero-order valence-corrected chi connectivity index (χ0v) is 11.3. The molecule has 0 aliphatic heterocycles. The molecular weight excluding hydrogens is 257 g/mol. The van der Waals surface area contributed by atoms with E-state index in [1.807, 2.05) is 6.92 Å². The summed E-state index contributed by atoms with van der Waals surface area (Å²) >= 11 is 0. The van der Waals surface area contributed by atoms with Crippen molar-refractivity contribution in [2.75, 3.05) is 6.61 Å². The zero-order chi connectivity index (χ0) is 14.4. The Morgan fingerprint density at radius 1 is 1.30 bits per heavy atom. The number of carbonyl (C=O) groups excluding carboxylic acids is 1. The molecule has 0 spiro atoms. The van der Waals surface area contributed by atoms with Crippen molar-refractivity contribution in [2.24, 2.45) is 0 Å². The van der Waals surface area contributed by atoms with Gasteiger partial charge in [0.05, 0.1) is 12.8 Å². The maximum Gasteiger partial charge on any atom is 0.168 e. The highest BCUT2D eigenvalue weighted by Crippen LogP contribution is 2.14. The van der Waals surface area contributed by atoms with Crippen LogP contribution in [0.4, 0.5) is 4.39 Å². The average molecular weight is 273 g/mol. The summed E-state index contributed by atoms with van der Waals surface area (Å²) in [6.45, 7) is 2.59. The second-order valence-electron chi connectivity index (χ2n) is 4.49. The first-order chi connectivity index (χ1) is 9.69. The Bertz CT molecular complexity index is 599. The van der Waals surface area contributed by atoms with Gasteiger partial charge in [-0.2, -0.15) is 0 Å². The molecule has 1 heterocycles. The first-order valence-electron chi connectivity index (χ1n) is 6.54. The predicted molar refractivity (Wildman–Crippen MR) is 74.5 cm³/mol. The molecule has 0 fully saturated rings. The van der Waals surface area contributed by atoms with E-state index in [4.69, 9.17) is 4.74 Å². The van der Waals surface area contributed by atoms with Crippen LogP contribution in [0, 0.1) is 5.82 Å². The Morgan fingerprint density at radius 3 is 2.90 bits per heavy atom. The standard InChI is InChI=1S/C16H16FNO2/c1-2-6-20-15-9-13(10-18-11-15)16(19)8-12-4-3-5-14(17)7-12/h3-5,7,9-11H,2,6,8H2,1H3. The third kappa shape index (κ3) is 3.88. The average Bonchev–Trinajstić information content (AvgIpc) is 2.45. The molecule has 0 bridgehead atoms. The predicted octanol–water partition coefficient (Wildman–Crippen LogP) is 3.43. The van der Waals surface area contributed by atoms with Crippen molar-refractivity contribution >= 4 is 5.78 Å². The van der Waals surface area contributed by atoms with Gasteiger partial charge in [0.1, 0.15) is 11.6 Å². The Balaban J connectivity index is 2.09. The molecule has 0 aliphatic carbocycles. The van der Waals surface area contributed by atoms with E-state index < -0.39 is 0 Å². The molecule has 1 aromatic heterocycles. The van der Waals surface area contributed by atoms with Crippen LogP contribution in [0.2, 0.25) is 0 Å². The number of benzene rings is 1. The first-order valence-corrected chi connectivity index (χ1v) is 6.54. The highest BCUT2D eigenvalue weighted by atomic mass is 19.1. The largest absolute Gasteiger partial charge is 0.492 e. The summed E-state index contributed by atoms with van der Waals surface area (Å²) in [4.78, 5) is 16.1. The van der Waals surface area contributed by atoms with E-state index in [1.54, 1.807) is 24.4 Å². The summed E-state index contributed by atoms with van der Waals surface area (Å²) in [5.74, 6) is 0.135. The molecule has 104 valence electrons. The summed E-state index contributed by atoms with van der Waals surface area (Å²) in [5.41, 5.74) is 1.12. The van der Waals surface area contributed by atoms with Gasteiger partial charge in [-0.1, -0.05) is 19.1 Å². The highest BCUT2D eigenvalue weighted by molar-refractivity contribution is 5.97. The van der Waals surface area contributed by atoms with Crippen molar-refractivity contribution in [3.05, 3.63) is 59.7 Å². The number of carbonyl (C=O) groups is 1. The van der Waals surface area contributed by atoms with Crippen LogP contribution in [0.25, 0.3) is 0 Å². The number of rotatable bonds is 6. The summed E-state index contributed by atoms with van der Waals surface area (Å²) in [6.07, 6.45) is 4.12. The molecule has 0 amide bonds. The molecular formula is C16H16FNO2. The Kier molecular flexibility index (Phi) is 4.82. The molecule has 0 radical (unpaired) electrons. The smallest absolute Gasteiger partial charge is 0.168 e. The number of hydrogen-bond donors (Lipinski definition) is 0. The second kappa shape index (κ2) is 6.80. The lowest BCUT2D eigenvalue weighted by molar-refractivity contribution is 0.0992. The number of nitrogens with zero attached hydrogens (tertiary/aromatic N) is 1. The Hall–Kier alpha value is -2.23. The van der Waals surface area contributed by atoms with Crippen LogP contribution in [0.3, 0.4) is 0 Å². The van der Waals surface area contributed by atoms with Gasteiger partial charge < -0.3 is 4.74 Å². The van der Waals surface area contributed by atoms with Gasteiger partial charge in [-0.15, -0.1) is 0 Å². The summed E-state index contributed by atoms with van der Waals surface area (Å²) in [7, 11) is 0. The van der Waals surface area contributed by atoms with Crippen molar-refractivity contribution in [2.45, 2.75) is 19.8 Å². The molecule has 0 aliphatic rings. The van der Waals surface area contributed by atoms with Crippen LogP contribution in [0.15, 0.2) is 42.7 Å². The molecule has 4 heteroatoms. The fraction of sp³-hybridized carbons (Fsp3) is 0.250. The van der Waals surface area contributed by atoms with E-state index >= 15 is 0 Å². The van der Waals surface area contributed by atoms with Gasteiger partial charge in [-0.25, -0.2) is 4.39 Å². The normalized spacial score (nSPS) is 10.3. The molecule has 20 heavy (non-hydrogen) atoms. The first kappa shape index (κ1) is 14.2. The van der Waals surface area contributed by atoms with Gasteiger partial charge in [0.25, 0.3) is 0 Å². The van der Waals surface area contributed by atoms with E-state index in [0.29, 0.717) is 23.5 Å². The molecule has 2 rings (SSSR count). The second-order valence-corrected chi connectivity index (χ2v) is 4.49. The van der Waals surface area contributed by atoms with Crippen molar-refractivity contribution in [3.8, 4) is 5.75 Å². The summed E-state index contributed by atoms with van der Waals surface area (Å²) in [5, 5.41) is 0. The van der Waals surface area contributed by atoms with E-state index in [9.17, 15) is 9.18 Å². The van der Waals surface area contributed by atoms with E-state index in [1.165, 1.54) is 18.3 Å². The number of Topliss-reactive ketones (excluding diaryl/α,β-unsaturated/α-hetero) is 1. The van der Waals surface area contributed by atoms with Crippen LogP contribution in [-0.2, 0) is 6.42 Å². The zero-order valence-electron chi connectivity index (χ0n) is 11.3. The Morgan fingerprint density at radius 2 is 2.15 bits per heavy atom. The third-order valence-corrected chi connectivity index (χ3v) is 2.76. The van der Waals surface area contributed by atoms with Gasteiger partial charge >= 0.3 is 0 Å². The van der Waals surface area contributed by atoms with E-state index in [-0.39, 0.29) is 18.0 Å². The maximum absolute atomic E-state index is 13.1. The van der Waals surface area contributed by atoms with Crippen LogP contribution >= 0.6 is 0 Å². The van der Waals surface area contributed by atoms with Gasteiger partial charge in [-0.05, 0) is 30.2 Å². The summed E-state index contributed by atoms with van der Waals surface area (Å²) < 4.78 is 18.5. The van der Waals surface area contributed by atoms with Gasteiger partial charge in [0, 0.05) is 18.2 Å². The minimum absolute atomic E-state index is 0.106. The monoisotopic (exact) mass is 273 g/mol. The lowest BCUT2D eigenvalue weighted by Crippen LogP contribution is -2.05. The van der Waals surface area contributed by atoms with Crippen molar-refractivity contribution in [1.29, 1.82) is 0 Å². The highest BCUT2D eigenvalue weighted by Gasteiger charge is 2.09. The maximum atomic E-state index is 13.1. The fourth-order valence-electron chi connectivity index (χ4n) is 1.80. The number of ether oxygens (including phenoxy) is 1. The van der Waals surface area contributed by atoms with Gasteiger partial charge in [0.2, 0.25) is 0 Å². The van der Waals surface area contributed by atoms with Crippen molar-refractivity contribution < 1.29 is 13.9 Å². The van der Waals surface area contributed by atoms with Crippen LogP contribution in [0.5, 0.6) is 5.75 Å². The molecule has 0 N–H and O–H groups in total. The Labute approximate surface area is 117 Å². The number of pyridine rings is 1. The van der Waals surface area contributed by atoms with E-state index in [2.05, 4.69) is 4.98 Å². The molecule has 1 aromatic carbocycles. The minimum atomic E-state index is -0.339. The fourth-order valence-corrected chi connectivity index (χ4v) is 1.80. The molecule has 3 nitrogen and oxygen atoms in total. The lowest BCUT2D eigenvalue weighted by Gasteiger charge is -2.06. The third-order valence-electron chi connectivity index (χ3n) is 2.76. The number of ketones is 1. The number of aromatic nitrogens is 1. The van der Waals surface area contributed by atoms with Crippen LogP contribution in [0.1, 0.15) is 29.3 Å². The molecule has 0 atom stereocenters.